The summed E-state index contributed by atoms with van der Waals surface area (Å²) < 4.78 is 0. The molecule has 0 fully saturated rings. The maximum absolute atomic E-state index is 4.31. The van der Waals surface area contributed by atoms with E-state index >= 15 is 0 Å². The number of unbranched alkanes of at least 4 members (excludes halogenated alkanes) is 1. The van der Waals surface area contributed by atoms with Crippen LogP contribution in [-0.2, 0) is 0 Å². The maximum Gasteiger partial charge on any atom is 0.0110 e. The summed E-state index contributed by atoms with van der Waals surface area (Å²) in [7, 11) is 0. The Hall–Kier alpha value is -1.21. The van der Waals surface area contributed by atoms with Crippen molar-refractivity contribution in [1.82, 2.24) is 0 Å². The lowest BCUT2D eigenvalue weighted by molar-refractivity contribution is 0.896. The van der Waals surface area contributed by atoms with E-state index in [4.69, 9.17) is 0 Å². The second-order valence-electron chi connectivity index (χ2n) is 9.42. The predicted octanol–water partition coefficient (Wildman–Crippen LogP) is 10.5. The van der Waals surface area contributed by atoms with Crippen LogP contribution in [0.25, 0.3) is 0 Å². The van der Waals surface area contributed by atoms with Gasteiger partial charge in [0.2, 0.25) is 0 Å². The molecule has 0 aliphatic rings. The number of hydrogen-bond acceptors (Lipinski definition) is 1. The van der Waals surface area contributed by atoms with E-state index in [1.165, 1.54) is 72.0 Å². The second kappa shape index (κ2) is 19.5. The van der Waals surface area contributed by atoms with Gasteiger partial charge in [0.05, 0.1) is 0 Å². The first-order valence-corrected chi connectivity index (χ1v) is 12.9. The van der Waals surface area contributed by atoms with Crippen molar-refractivity contribution in [3.63, 3.8) is 0 Å². The van der Waals surface area contributed by atoms with Crippen LogP contribution in [0.5, 0.6) is 0 Å². The van der Waals surface area contributed by atoms with Crippen LogP contribution in [0.2, 0.25) is 0 Å². The standard InChI is InChI=1S/C30H50S/c1-25(2)14-10-17-28(5)20-11-18-26(3)15-8-9-16-27(4)19-12-21-29(6)22-13-23-30(7)24-31/h14-16,20-21,23,31H,8-13,17-19,22,24H2,1-7H3/b26-15+,27-16+,28-20-,29-21+,30-23+. The molecule has 1 heteroatoms. The van der Waals surface area contributed by atoms with Gasteiger partial charge in [0.1, 0.15) is 0 Å². The number of hydrogen-bond donors (Lipinski definition) is 1. The van der Waals surface area contributed by atoms with Gasteiger partial charge in [-0.2, -0.15) is 12.6 Å². The fraction of sp³-hybridized carbons (Fsp3) is 0.600. The molecule has 0 radical (unpaired) electrons. The first-order chi connectivity index (χ1) is 14.7. The van der Waals surface area contributed by atoms with Crippen molar-refractivity contribution in [2.45, 2.75) is 113 Å². The predicted molar refractivity (Wildman–Crippen MR) is 148 cm³/mol. The monoisotopic (exact) mass is 442 g/mol. The normalized spacial score (nSPS) is 14.3. The summed E-state index contributed by atoms with van der Waals surface area (Å²) in [6.07, 6.45) is 26.1. The third-order valence-electron chi connectivity index (χ3n) is 5.59. The molecule has 0 N–H and O–H groups in total. The Labute approximate surface area is 200 Å². The molecule has 0 nitrogen and oxygen atoms in total. The number of rotatable bonds is 16. The first kappa shape index (κ1) is 29.8. The van der Waals surface area contributed by atoms with Crippen LogP contribution in [-0.4, -0.2) is 5.75 Å². The number of thiol groups is 1. The average Bonchev–Trinajstić information content (AvgIpc) is 2.70. The van der Waals surface area contributed by atoms with E-state index in [1.807, 2.05) is 0 Å². The molecular weight excluding hydrogens is 392 g/mol. The Morgan fingerprint density at radius 3 is 1.03 bits per heavy atom. The summed E-state index contributed by atoms with van der Waals surface area (Å²) in [4.78, 5) is 0. The lowest BCUT2D eigenvalue weighted by Crippen LogP contribution is -1.83. The zero-order valence-electron chi connectivity index (χ0n) is 21.7. The minimum absolute atomic E-state index is 0.870. The molecule has 0 saturated heterocycles. The highest BCUT2D eigenvalue weighted by molar-refractivity contribution is 7.80. The Balaban J connectivity index is 4.07. The summed E-state index contributed by atoms with van der Waals surface area (Å²) in [5, 5.41) is 0. The quantitative estimate of drug-likeness (QED) is 0.137. The highest BCUT2D eigenvalue weighted by atomic mass is 32.1. The highest BCUT2D eigenvalue weighted by Gasteiger charge is 1.94. The van der Waals surface area contributed by atoms with Crippen LogP contribution in [0.1, 0.15) is 113 Å². The van der Waals surface area contributed by atoms with Gasteiger partial charge < -0.3 is 0 Å². The second-order valence-corrected chi connectivity index (χ2v) is 9.74. The van der Waals surface area contributed by atoms with Gasteiger partial charge in [-0.05, 0) is 113 Å². The van der Waals surface area contributed by atoms with Crippen molar-refractivity contribution < 1.29 is 0 Å². The molecule has 0 amide bonds. The molecule has 0 atom stereocenters. The SMILES string of the molecule is CC(C)=CCC/C(C)=C\CC/C(C)=C/CC/C=C(\C)CC/C=C(\C)CC/C=C(\C)CS. The molecule has 0 aliphatic heterocycles. The maximum atomic E-state index is 4.31. The van der Waals surface area contributed by atoms with Gasteiger partial charge in [-0.25, -0.2) is 0 Å². The Morgan fingerprint density at radius 1 is 0.419 bits per heavy atom. The van der Waals surface area contributed by atoms with Crippen LogP contribution in [0, 0.1) is 0 Å². The summed E-state index contributed by atoms with van der Waals surface area (Å²) >= 11 is 4.31. The van der Waals surface area contributed by atoms with Crippen LogP contribution in [0.4, 0.5) is 0 Å². The molecule has 0 aromatic carbocycles. The Morgan fingerprint density at radius 2 is 0.710 bits per heavy atom. The minimum atomic E-state index is 0.870. The van der Waals surface area contributed by atoms with Crippen LogP contribution in [0.15, 0.2) is 69.9 Å². The molecule has 0 aromatic rings. The van der Waals surface area contributed by atoms with Gasteiger partial charge in [-0.1, -0.05) is 69.9 Å². The molecule has 0 saturated carbocycles. The highest BCUT2D eigenvalue weighted by Crippen LogP contribution is 2.14. The largest absolute Gasteiger partial charge is 0.175 e. The van der Waals surface area contributed by atoms with E-state index in [9.17, 15) is 0 Å². The molecule has 0 bridgehead atoms. The van der Waals surface area contributed by atoms with Gasteiger partial charge in [-0.15, -0.1) is 0 Å². The van der Waals surface area contributed by atoms with Crippen LogP contribution < -0.4 is 0 Å². The summed E-state index contributed by atoms with van der Waals surface area (Å²) in [6, 6.07) is 0. The van der Waals surface area contributed by atoms with E-state index < -0.39 is 0 Å². The van der Waals surface area contributed by atoms with Crippen molar-refractivity contribution in [1.29, 1.82) is 0 Å². The summed E-state index contributed by atoms with van der Waals surface area (Å²) in [5.74, 6) is 0.870. The third kappa shape index (κ3) is 20.4. The summed E-state index contributed by atoms with van der Waals surface area (Å²) in [5.41, 5.74) is 8.88. The lowest BCUT2D eigenvalue weighted by atomic mass is 10.0. The third-order valence-corrected chi connectivity index (χ3v) is 6.09. The van der Waals surface area contributed by atoms with Crippen molar-refractivity contribution in [3.05, 3.63) is 69.9 Å². The van der Waals surface area contributed by atoms with Gasteiger partial charge in [0, 0.05) is 5.75 Å². The van der Waals surface area contributed by atoms with Gasteiger partial charge >= 0.3 is 0 Å². The van der Waals surface area contributed by atoms with Crippen molar-refractivity contribution in [2.75, 3.05) is 5.75 Å². The topological polar surface area (TPSA) is 0 Å². The van der Waals surface area contributed by atoms with Gasteiger partial charge in [0.25, 0.3) is 0 Å². The average molecular weight is 443 g/mol. The zero-order valence-corrected chi connectivity index (χ0v) is 22.6. The van der Waals surface area contributed by atoms with Gasteiger partial charge in [-0.3, -0.25) is 0 Å². The fourth-order valence-corrected chi connectivity index (χ4v) is 3.49. The summed E-state index contributed by atoms with van der Waals surface area (Å²) in [6.45, 7) is 15.6. The van der Waals surface area contributed by atoms with E-state index in [0.29, 0.717) is 0 Å². The smallest absolute Gasteiger partial charge is 0.0110 e. The van der Waals surface area contributed by atoms with E-state index in [-0.39, 0.29) is 0 Å². The Kier molecular flexibility index (Phi) is 18.7. The molecule has 0 spiro atoms. The molecule has 0 heterocycles. The van der Waals surface area contributed by atoms with Crippen LogP contribution >= 0.6 is 12.6 Å². The van der Waals surface area contributed by atoms with Crippen molar-refractivity contribution in [2.24, 2.45) is 0 Å². The fourth-order valence-electron chi connectivity index (χ4n) is 3.36. The van der Waals surface area contributed by atoms with E-state index in [1.54, 1.807) is 0 Å². The molecule has 176 valence electrons. The lowest BCUT2D eigenvalue weighted by Gasteiger charge is -2.03. The van der Waals surface area contributed by atoms with E-state index in [0.717, 1.165) is 31.4 Å². The minimum Gasteiger partial charge on any atom is -0.175 e. The molecular formula is C30H50S. The molecule has 0 aliphatic carbocycles. The molecule has 0 aromatic heterocycles. The molecule has 31 heavy (non-hydrogen) atoms. The van der Waals surface area contributed by atoms with Gasteiger partial charge in [0.15, 0.2) is 0 Å². The molecule has 0 rings (SSSR count). The van der Waals surface area contributed by atoms with Crippen LogP contribution in [0.3, 0.4) is 0 Å². The number of allylic oxidation sites excluding steroid dienone is 11. The van der Waals surface area contributed by atoms with E-state index in [2.05, 4.69) is 97.6 Å². The first-order valence-electron chi connectivity index (χ1n) is 12.3. The van der Waals surface area contributed by atoms with Crippen molar-refractivity contribution >= 4 is 12.6 Å². The zero-order chi connectivity index (χ0) is 23.5. The molecule has 0 unspecified atom stereocenters. The van der Waals surface area contributed by atoms with Crippen molar-refractivity contribution in [3.8, 4) is 0 Å². The Bertz CT molecular complexity index is 661.